The van der Waals surface area contributed by atoms with Gasteiger partial charge >= 0.3 is 0 Å². The van der Waals surface area contributed by atoms with Crippen LogP contribution in [0.3, 0.4) is 0 Å². The van der Waals surface area contributed by atoms with Crippen molar-refractivity contribution in [3.63, 3.8) is 0 Å². The van der Waals surface area contributed by atoms with Crippen LogP contribution in [0.4, 0.5) is 5.69 Å². The van der Waals surface area contributed by atoms with Gasteiger partial charge in [0.2, 0.25) is 5.91 Å². The lowest BCUT2D eigenvalue weighted by atomic mass is 10.3. The topological polar surface area (TPSA) is 80.0 Å². The predicted molar refractivity (Wildman–Crippen MR) is 78.2 cm³/mol. The largest absolute Gasteiger partial charge is 0.396 e. The highest BCUT2D eigenvalue weighted by Gasteiger charge is 2.08. The number of rotatable bonds is 6. The molecule has 0 saturated carbocycles. The minimum absolute atomic E-state index is 0.105. The molecular weight excluding hydrogens is 324 g/mol. The number of nitrogens with one attached hydrogen (secondary N) is 1. The standard InChI is InChI=1S/C13H15BrN4O2/c14-11-5-1-2-6-12(11)15-13(20)9-18-8-10(16-17-18)4-3-7-19/h1-2,5-6,8,19H,3-4,7,9H2,(H,15,20). The number of hydrogen-bond acceptors (Lipinski definition) is 4. The molecule has 0 atom stereocenters. The molecule has 0 fully saturated rings. The second-order valence-electron chi connectivity index (χ2n) is 4.26. The lowest BCUT2D eigenvalue weighted by Crippen LogP contribution is -2.19. The Morgan fingerprint density at radius 3 is 2.95 bits per heavy atom. The number of benzene rings is 1. The average molecular weight is 339 g/mol. The molecule has 0 saturated heterocycles. The molecule has 0 bridgehead atoms. The van der Waals surface area contributed by atoms with E-state index >= 15 is 0 Å². The first kappa shape index (κ1) is 14.7. The number of nitrogens with zero attached hydrogens (tertiary/aromatic N) is 3. The van der Waals surface area contributed by atoms with Crippen molar-refractivity contribution in [3.05, 3.63) is 40.6 Å². The van der Waals surface area contributed by atoms with E-state index in [0.29, 0.717) is 12.8 Å². The number of anilines is 1. The molecule has 2 N–H and O–H groups in total. The van der Waals surface area contributed by atoms with Gasteiger partial charge in [-0.3, -0.25) is 4.79 Å². The van der Waals surface area contributed by atoms with Crippen molar-refractivity contribution < 1.29 is 9.90 Å². The summed E-state index contributed by atoms with van der Waals surface area (Å²) in [6, 6.07) is 7.40. The molecule has 2 aromatic rings. The lowest BCUT2D eigenvalue weighted by molar-refractivity contribution is -0.116. The normalized spacial score (nSPS) is 10.5. The van der Waals surface area contributed by atoms with Crippen LogP contribution in [0.15, 0.2) is 34.9 Å². The minimum atomic E-state index is -0.171. The van der Waals surface area contributed by atoms with E-state index in [0.717, 1.165) is 15.9 Å². The van der Waals surface area contributed by atoms with Crippen molar-refractivity contribution >= 4 is 27.5 Å². The van der Waals surface area contributed by atoms with Gasteiger partial charge in [-0.15, -0.1) is 5.10 Å². The lowest BCUT2D eigenvalue weighted by Gasteiger charge is -2.06. The van der Waals surface area contributed by atoms with Crippen LogP contribution in [0.2, 0.25) is 0 Å². The third-order valence-corrected chi connectivity index (χ3v) is 3.32. The van der Waals surface area contributed by atoms with E-state index in [1.165, 1.54) is 4.68 Å². The summed E-state index contributed by atoms with van der Waals surface area (Å²) >= 11 is 3.37. The van der Waals surface area contributed by atoms with Crippen LogP contribution < -0.4 is 5.32 Å². The van der Waals surface area contributed by atoms with Crippen molar-refractivity contribution in [2.24, 2.45) is 0 Å². The molecule has 1 aromatic carbocycles. The number of halogens is 1. The van der Waals surface area contributed by atoms with E-state index in [1.807, 2.05) is 24.3 Å². The fourth-order valence-corrected chi connectivity index (χ4v) is 2.07. The van der Waals surface area contributed by atoms with E-state index in [9.17, 15) is 4.79 Å². The zero-order chi connectivity index (χ0) is 14.4. The maximum Gasteiger partial charge on any atom is 0.246 e. The quantitative estimate of drug-likeness (QED) is 0.838. The van der Waals surface area contributed by atoms with Gasteiger partial charge in [0.15, 0.2) is 0 Å². The maximum atomic E-state index is 11.9. The number of carbonyl (C=O) groups excluding carboxylic acids is 1. The molecule has 7 heteroatoms. The van der Waals surface area contributed by atoms with E-state index in [2.05, 4.69) is 31.6 Å². The Bertz CT molecular complexity index is 585. The minimum Gasteiger partial charge on any atom is -0.396 e. The highest BCUT2D eigenvalue weighted by Crippen LogP contribution is 2.20. The van der Waals surface area contributed by atoms with E-state index < -0.39 is 0 Å². The number of para-hydroxylation sites is 1. The molecule has 0 aliphatic heterocycles. The first-order valence-corrected chi connectivity index (χ1v) is 7.02. The summed E-state index contributed by atoms with van der Waals surface area (Å²) in [5.41, 5.74) is 1.49. The van der Waals surface area contributed by atoms with Crippen LogP contribution in [-0.2, 0) is 17.8 Å². The highest BCUT2D eigenvalue weighted by atomic mass is 79.9. The summed E-state index contributed by atoms with van der Waals surface area (Å²) in [6.07, 6.45) is 3.01. The van der Waals surface area contributed by atoms with Crippen LogP contribution in [0.25, 0.3) is 0 Å². The van der Waals surface area contributed by atoms with Crippen molar-refractivity contribution in [1.82, 2.24) is 15.0 Å². The summed E-state index contributed by atoms with van der Waals surface area (Å²) in [7, 11) is 0. The number of aryl methyl sites for hydroxylation is 1. The van der Waals surface area contributed by atoms with Gasteiger partial charge in [0.05, 0.1) is 11.4 Å². The summed E-state index contributed by atoms with van der Waals surface area (Å²) in [5.74, 6) is -0.171. The molecule has 1 aromatic heterocycles. The number of aromatic nitrogens is 3. The number of amides is 1. The third kappa shape index (κ3) is 4.14. The molecule has 0 aliphatic carbocycles. The number of aliphatic hydroxyl groups excluding tert-OH is 1. The molecule has 20 heavy (non-hydrogen) atoms. The maximum absolute atomic E-state index is 11.9. The zero-order valence-electron chi connectivity index (χ0n) is 10.8. The van der Waals surface area contributed by atoms with Crippen molar-refractivity contribution in [2.45, 2.75) is 19.4 Å². The zero-order valence-corrected chi connectivity index (χ0v) is 12.4. The highest BCUT2D eigenvalue weighted by molar-refractivity contribution is 9.10. The fraction of sp³-hybridized carbons (Fsp3) is 0.308. The Hall–Kier alpha value is -1.73. The molecule has 0 aliphatic rings. The van der Waals surface area contributed by atoms with Gasteiger partial charge in [0, 0.05) is 17.3 Å². The Labute approximate surface area is 124 Å². The van der Waals surface area contributed by atoms with Crippen LogP contribution in [0.1, 0.15) is 12.1 Å². The smallest absolute Gasteiger partial charge is 0.246 e. The second kappa shape index (κ2) is 7.16. The third-order valence-electron chi connectivity index (χ3n) is 2.63. The molecule has 1 amide bonds. The van der Waals surface area contributed by atoms with Gasteiger partial charge in [-0.2, -0.15) is 0 Å². The number of aliphatic hydroxyl groups is 1. The molecule has 106 valence electrons. The van der Waals surface area contributed by atoms with Crippen LogP contribution in [-0.4, -0.2) is 32.6 Å². The molecule has 0 spiro atoms. The summed E-state index contributed by atoms with van der Waals surface area (Å²) in [4.78, 5) is 11.9. The van der Waals surface area contributed by atoms with Crippen molar-refractivity contribution in [2.75, 3.05) is 11.9 Å². The summed E-state index contributed by atoms with van der Waals surface area (Å²) in [5, 5.41) is 19.4. The molecule has 1 heterocycles. The van der Waals surface area contributed by atoms with Crippen molar-refractivity contribution in [1.29, 1.82) is 0 Å². The molecule has 0 unspecified atom stereocenters. The molecule has 2 rings (SSSR count). The number of carbonyl (C=O) groups is 1. The molecule has 6 nitrogen and oxygen atoms in total. The molecule has 0 radical (unpaired) electrons. The number of hydrogen-bond donors (Lipinski definition) is 2. The van der Waals surface area contributed by atoms with Gasteiger partial charge in [-0.1, -0.05) is 17.3 Å². The second-order valence-corrected chi connectivity index (χ2v) is 5.12. The van der Waals surface area contributed by atoms with Gasteiger partial charge in [-0.05, 0) is 40.9 Å². The van der Waals surface area contributed by atoms with Gasteiger partial charge in [-0.25, -0.2) is 4.68 Å². The Balaban J connectivity index is 1.91. The average Bonchev–Trinajstić information content (AvgIpc) is 2.86. The Morgan fingerprint density at radius 2 is 2.20 bits per heavy atom. The summed E-state index contributed by atoms with van der Waals surface area (Å²) < 4.78 is 2.31. The Morgan fingerprint density at radius 1 is 1.40 bits per heavy atom. The van der Waals surface area contributed by atoms with Crippen molar-refractivity contribution in [3.8, 4) is 0 Å². The fourth-order valence-electron chi connectivity index (χ4n) is 1.69. The van der Waals surface area contributed by atoms with Crippen LogP contribution >= 0.6 is 15.9 Å². The van der Waals surface area contributed by atoms with E-state index in [4.69, 9.17) is 5.11 Å². The molecular formula is C13H15BrN4O2. The monoisotopic (exact) mass is 338 g/mol. The van der Waals surface area contributed by atoms with Gasteiger partial charge < -0.3 is 10.4 Å². The van der Waals surface area contributed by atoms with Crippen LogP contribution in [0, 0.1) is 0 Å². The SMILES string of the molecule is O=C(Cn1cc(CCCO)nn1)Nc1ccccc1Br. The first-order valence-electron chi connectivity index (χ1n) is 6.23. The van der Waals surface area contributed by atoms with Gasteiger partial charge in [0.25, 0.3) is 0 Å². The predicted octanol–water partition coefficient (Wildman–Crippen LogP) is 1.60. The summed E-state index contributed by atoms with van der Waals surface area (Å²) in [6.45, 7) is 0.225. The van der Waals surface area contributed by atoms with Crippen LogP contribution in [0.5, 0.6) is 0 Å². The first-order chi connectivity index (χ1) is 9.69. The Kier molecular flexibility index (Phi) is 5.25. The van der Waals surface area contributed by atoms with E-state index in [-0.39, 0.29) is 19.1 Å². The van der Waals surface area contributed by atoms with Gasteiger partial charge in [0.1, 0.15) is 6.54 Å². The van der Waals surface area contributed by atoms with E-state index in [1.54, 1.807) is 6.20 Å².